The van der Waals surface area contributed by atoms with E-state index in [-0.39, 0.29) is 17.8 Å². The van der Waals surface area contributed by atoms with Gasteiger partial charge in [0.1, 0.15) is 0 Å². The SMILES string of the molecule is CC1CN2CCCCC2CN1C(=O)c1nn[nH]n1. The van der Waals surface area contributed by atoms with E-state index in [1.54, 1.807) is 0 Å². The highest BCUT2D eigenvalue weighted by atomic mass is 16.2. The van der Waals surface area contributed by atoms with Crippen LogP contribution in [0.25, 0.3) is 0 Å². The van der Waals surface area contributed by atoms with E-state index < -0.39 is 0 Å². The average molecular weight is 250 g/mol. The van der Waals surface area contributed by atoms with Gasteiger partial charge in [-0.05, 0) is 31.5 Å². The summed E-state index contributed by atoms with van der Waals surface area (Å²) >= 11 is 0. The molecule has 7 heteroatoms. The second kappa shape index (κ2) is 4.64. The molecule has 98 valence electrons. The van der Waals surface area contributed by atoms with E-state index >= 15 is 0 Å². The molecule has 1 N–H and O–H groups in total. The quantitative estimate of drug-likeness (QED) is 0.753. The molecular weight excluding hydrogens is 232 g/mol. The summed E-state index contributed by atoms with van der Waals surface area (Å²) in [5.41, 5.74) is 0. The molecule has 2 aliphatic heterocycles. The maximum atomic E-state index is 12.3. The van der Waals surface area contributed by atoms with Gasteiger partial charge in [0.05, 0.1) is 0 Å². The molecule has 3 heterocycles. The van der Waals surface area contributed by atoms with Gasteiger partial charge in [0.15, 0.2) is 0 Å². The molecule has 2 saturated heterocycles. The van der Waals surface area contributed by atoms with Crippen molar-refractivity contribution in [2.75, 3.05) is 19.6 Å². The summed E-state index contributed by atoms with van der Waals surface area (Å²) in [4.78, 5) is 16.7. The number of nitrogens with zero attached hydrogens (tertiary/aromatic N) is 5. The lowest BCUT2D eigenvalue weighted by atomic mass is 9.97. The Labute approximate surface area is 106 Å². The number of carbonyl (C=O) groups is 1. The van der Waals surface area contributed by atoms with Crippen LogP contribution in [0.15, 0.2) is 0 Å². The smallest absolute Gasteiger partial charge is 0.295 e. The van der Waals surface area contributed by atoms with Gasteiger partial charge in [0.2, 0.25) is 0 Å². The van der Waals surface area contributed by atoms with Gasteiger partial charge in [-0.2, -0.15) is 5.21 Å². The Bertz CT molecular complexity index is 419. The molecule has 0 aromatic carbocycles. The first-order valence-electron chi connectivity index (χ1n) is 6.54. The van der Waals surface area contributed by atoms with Crippen LogP contribution in [0.5, 0.6) is 0 Å². The third-order valence-electron chi connectivity index (χ3n) is 3.98. The Balaban J connectivity index is 1.74. The number of hydrogen-bond donors (Lipinski definition) is 1. The lowest BCUT2D eigenvalue weighted by molar-refractivity contribution is 0.0144. The molecular formula is C11H18N6O. The minimum atomic E-state index is -0.110. The maximum Gasteiger partial charge on any atom is 0.295 e. The summed E-state index contributed by atoms with van der Waals surface area (Å²) in [5, 5.41) is 13.3. The van der Waals surface area contributed by atoms with Crippen LogP contribution < -0.4 is 0 Å². The lowest BCUT2D eigenvalue weighted by Crippen LogP contribution is -2.60. The van der Waals surface area contributed by atoms with E-state index in [0.29, 0.717) is 6.04 Å². The molecule has 0 saturated carbocycles. The van der Waals surface area contributed by atoms with Gasteiger partial charge in [0.25, 0.3) is 11.7 Å². The number of fused-ring (bicyclic) bond motifs is 1. The number of piperidine rings is 1. The minimum absolute atomic E-state index is 0.110. The average Bonchev–Trinajstić information content (AvgIpc) is 2.91. The van der Waals surface area contributed by atoms with Crippen LogP contribution in [-0.4, -0.2) is 68.0 Å². The number of carbonyl (C=O) groups excluding carboxylic acids is 1. The molecule has 0 aliphatic carbocycles. The van der Waals surface area contributed by atoms with Crippen molar-refractivity contribution < 1.29 is 4.79 Å². The van der Waals surface area contributed by atoms with E-state index in [1.165, 1.54) is 25.8 Å². The number of aromatic nitrogens is 4. The first kappa shape index (κ1) is 11.6. The normalized spacial score (nSPS) is 29.1. The summed E-state index contributed by atoms with van der Waals surface area (Å²) in [6, 6.07) is 0.719. The molecule has 1 aromatic rings. The highest BCUT2D eigenvalue weighted by Crippen LogP contribution is 2.24. The summed E-state index contributed by atoms with van der Waals surface area (Å²) < 4.78 is 0. The number of nitrogens with one attached hydrogen (secondary N) is 1. The number of rotatable bonds is 1. The Morgan fingerprint density at radius 2 is 2.28 bits per heavy atom. The standard InChI is InChI=1S/C11H18N6O/c1-8-6-16-5-3-2-4-9(16)7-17(8)11(18)10-12-14-15-13-10/h8-9H,2-7H2,1H3,(H,12,13,14,15). The molecule has 18 heavy (non-hydrogen) atoms. The van der Waals surface area contributed by atoms with Gasteiger partial charge in [0, 0.05) is 25.2 Å². The molecule has 0 radical (unpaired) electrons. The van der Waals surface area contributed by atoms with Crippen LogP contribution in [0.1, 0.15) is 36.8 Å². The zero-order valence-corrected chi connectivity index (χ0v) is 10.5. The van der Waals surface area contributed by atoms with Crippen LogP contribution in [-0.2, 0) is 0 Å². The predicted octanol–water partition coefficient (Wildman–Crippen LogP) is -0.102. The van der Waals surface area contributed by atoms with Crippen LogP contribution in [0.4, 0.5) is 0 Å². The van der Waals surface area contributed by atoms with Gasteiger partial charge in [-0.15, -0.1) is 10.2 Å². The van der Waals surface area contributed by atoms with E-state index in [4.69, 9.17) is 0 Å². The van der Waals surface area contributed by atoms with Crippen LogP contribution in [0.3, 0.4) is 0 Å². The molecule has 1 aromatic heterocycles. The number of piperazine rings is 1. The molecule has 3 rings (SSSR count). The Hall–Kier alpha value is -1.50. The second-order valence-electron chi connectivity index (χ2n) is 5.19. The van der Waals surface area contributed by atoms with Crippen molar-refractivity contribution in [2.24, 2.45) is 0 Å². The largest absolute Gasteiger partial charge is 0.330 e. The van der Waals surface area contributed by atoms with Gasteiger partial charge in [-0.3, -0.25) is 9.69 Å². The molecule has 0 bridgehead atoms. The fourth-order valence-corrected chi connectivity index (χ4v) is 3.02. The highest BCUT2D eigenvalue weighted by molar-refractivity contribution is 5.90. The van der Waals surface area contributed by atoms with Crippen molar-refractivity contribution in [2.45, 2.75) is 38.3 Å². The van der Waals surface area contributed by atoms with Crippen molar-refractivity contribution in [1.82, 2.24) is 30.4 Å². The Kier molecular flexibility index (Phi) is 2.99. The molecule has 2 fully saturated rings. The van der Waals surface area contributed by atoms with Crippen molar-refractivity contribution in [3.8, 4) is 0 Å². The topological polar surface area (TPSA) is 78.0 Å². The molecule has 7 nitrogen and oxygen atoms in total. The Morgan fingerprint density at radius 1 is 1.39 bits per heavy atom. The van der Waals surface area contributed by atoms with Gasteiger partial charge in [-0.1, -0.05) is 6.42 Å². The van der Waals surface area contributed by atoms with Crippen LogP contribution in [0.2, 0.25) is 0 Å². The maximum absolute atomic E-state index is 12.3. The fourth-order valence-electron chi connectivity index (χ4n) is 3.02. The van der Waals surface area contributed by atoms with Gasteiger partial charge >= 0.3 is 0 Å². The molecule has 0 spiro atoms. The van der Waals surface area contributed by atoms with Crippen molar-refractivity contribution >= 4 is 5.91 Å². The van der Waals surface area contributed by atoms with Crippen molar-refractivity contribution in [3.05, 3.63) is 5.82 Å². The lowest BCUT2D eigenvalue weighted by Gasteiger charge is -2.47. The first-order valence-corrected chi connectivity index (χ1v) is 6.54. The van der Waals surface area contributed by atoms with Gasteiger partial charge < -0.3 is 4.90 Å². The van der Waals surface area contributed by atoms with Crippen LogP contribution >= 0.6 is 0 Å². The number of amides is 1. The minimum Gasteiger partial charge on any atom is -0.330 e. The predicted molar refractivity (Wildman–Crippen MR) is 63.9 cm³/mol. The van der Waals surface area contributed by atoms with Crippen LogP contribution in [0, 0.1) is 0 Å². The van der Waals surface area contributed by atoms with Gasteiger partial charge in [-0.25, -0.2) is 0 Å². The fraction of sp³-hybridized carbons (Fsp3) is 0.818. The zero-order chi connectivity index (χ0) is 12.5. The van der Waals surface area contributed by atoms with E-state index in [1.807, 2.05) is 4.90 Å². The number of H-pyrrole nitrogens is 1. The monoisotopic (exact) mass is 250 g/mol. The second-order valence-corrected chi connectivity index (χ2v) is 5.19. The number of tetrazole rings is 1. The molecule has 2 aliphatic rings. The van der Waals surface area contributed by atoms with E-state index in [0.717, 1.165) is 13.1 Å². The summed E-state index contributed by atoms with van der Waals surface area (Å²) in [6.07, 6.45) is 3.73. The van der Waals surface area contributed by atoms with Crippen molar-refractivity contribution in [1.29, 1.82) is 0 Å². The van der Waals surface area contributed by atoms with Crippen molar-refractivity contribution in [3.63, 3.8) is 0 Å². The summed E-state index contributed by atoms with van der Waals surface area (Å²) in [6.45, 7) is 4.99. The summed E-state index contributed by atoms with van der Waals surface area (Å²) in [5.74, 6) is 0.0626. The third-order valence-corrected chi connectivity index (χ3v) is 3.98. The number of aromatic amines is 1. The molecule has 1 amide bonds. The number of hydrogen-bond acceptors (Lipinski definition) is 5. The first-order chi connectivity index (χ1) is 8.75. The Morgan fingerprint density at radius 3 is 3.06 bits per heavy atom. The van der Waals surface area contributed by atoms with E-state index in [2.05, 4.69) is 32.4 Å². The van der Waals surface area contributed by atoms with E-state index in [9.17, 15) is 4.79 Å². The molecule has 2 unspecified atom stereocenters. The molecule has 2 atom stereocenters. The highest BCUT2D eigenvalue weighted by Gasteiger charge is 2.36. The summed E-state index contributed by atoms with van der Waals surface area (Å²) in [7, 11) is 0. The third kappa shape index (κ3) is 1.98. The zero-order valence-electron chi connectivity index (χ0n) is 10.5.